The number of anilines is 2. The first kappa shape index (κ1) is 17.3. The van der Waals surface area contributed by atoms with E-state index in [9.17, 15) is 9.18 Å². The number of Topliss-reactive ketones (excluding diaryl/α,β-unsaturated/α-hetero) is 1. The first-order valence-corrected chi connectivity index (χ1v) is 9.22. The molecule has 0 fully saturated rings. The Morgan fingerprint density at radius 1 is 1.04 bits per heavy atom. The summed E-state index contributed by atoms with van der Waals surface area (Å²) in [6.45, 7) is 3.57. The smallest absolute Gasteiger partial charge is 0.159 e. The van der Waals surface area contributed by atoms with Crippen LogP contribution < -0.4 is 5.32 Å². The molecule has 1 N–H and O–H groups in total. The molecule has 0 radical (unpaired) electrons. The lowest BCUT2D eigenvalue weighted by Crippen LogP contribution is -1.97. The molecule has 0 unspecified atom stereocenters. The summed E-state index contributed by atoms with van der Waals surface area (Å²) in [7, 11) is 0. The summed E-state index contributed by atoms with van der Waals surface area (Å²) >= 11 is 1.58. The number of carbonyl (C=O) groups excluding carboxylic acids is 1. The lowest BCUT2D eigenvalue weighted by molar-refractivity contribution is 0.101. The van der Waals surface area contributed by atoms with E-state index in [0.29, 0.717) is 11.4 Å². The van der Waals surface area contributed by atoms with Gasteiger partial charge in [-0.15, -0.1) is 11.3 Å². The summed E-state index contributed by atoms with van der Waals surface area (Å²) in [4.78, 5) is 22.2. The van der Waals surface area contributed by atoms with Crippen LogP contribution in [0.4, 0.5) is 15.9 Å². The monoisotopic (exact) mass is 377 g/mol. The largest absolute Gasteiger partial charge is 0.340 e. The number of aromatic nitrogens is 2. The Morgan fingerprint density at radius 2 is 1.74 bits per heavy atom. The van der Waals surface area contributed by atoms with Crippen molar-refractivity contribution >= 4 is 38.8 Å². The molecule has 27 heavy (non-hydrogen) atoms. The number of hydrogen-bond acceptors (Lipinski definition) is 5. The van der Waals surface area contributed by atoms with Gasteiger partial charge in [0.05, 0.1) is 5.39 Å². The minimum absolute atomic E-state index is 0.0260. The number of thiophene rings is 1. The second-order valence-electron chi connectivity index (χ2n) is 6.20. The molecular weight excluding hydrogens is 361 g/mol. The van der Waals surface area contributed by atoms with Gasteiger partial charge < -0.3 is 5.32 Å². The number of benzene rings is 2. The number of hydrogen-bond donors (Lipinski definition) is 1. The van der Waals surface area contributed by atoms with Crippen LogP contribution in [-0.2, 0) is 0 Å². The molecule has 6 heteroatoms. The average Bonchev–Trinajstić information content (AvgIpc) is 3.00. The van der Waals surface area contributed by atoms with Gasteiger partial charge in [0.25, 0.3) is 0 Å². The fourth-order valence-corrected chi connectivity index (χ4v) is 4.04. The lowest BCUT2D eigenvalue weighted by Gasteiger charge is -2.09. The number of rotatable bonds is 4. The molecule has 0 aliphatic carbocycles. The topological polar surface area (TPSA) is 54.9 Å². The maximum absolute atomic E-state index is 13.3. The van der Waals surface area contributed by atoms with Crippen LogP contribution in [0.3, 0.4) is 0 Å². The van der Waals surface area contributed by atoms with Gasteiger partial charge in [0, 0.05) is 21.7 Å². The predicted molar refractivity (Wildman–Crippen MR) is 107 cm³/mol. The Morgan fingerprint density at radius 3 is 2.41 bits per heavy atom. The summed E-state index contributed by atoms with van der Waals surface area (Å²) in [5.41, 5.74) is 3.41. The third-order valence-corrected chi connectivity index (χ3v) is 5.36. The molecule has 0 aliphatic heterocycles. The quantitative estimate of drug-likeness (QED) is 0.460. The molecule has 4 aromatic rings. The second-order valence-corrected chi connectivity index (χ2v) is 7.40. The fourth-order valence-electron chi connectivity index (χ4n) is 3.03. The highest BCUT2D eigenvalue weighted by Gasteiger charge is 2.17. The number of halogens is 1. The average molecular weight is 377 g/mol. The molecule has 0 saturated heterocycles. The molecule has 134 valence electrons. The Bertz CT molecular complexity index is 1130. The van der Waals surface area contributed by atoms with Crippen LogP contribution in [-0.4, -0.2) is 15.8 Å². The first-order chi connectivity index (χ1) is 13.0. The summed E-state index contributed by atoms with van der Waals surface area (Å²) in [5.74, 6) is 0.438. The van der Waals surface area contributed by atoms with Crippen molar-refractivity contribution in [3.05, 3.63) is 71.1 Å². The van der Waals surface area contributed by atoms with E-state index in [-0.39, 0.29) is 11.6 Å². The van der Waals surface area contributed by atoms with Crippen molar-refractivity contribution in [2.45, 2.75) is 13.8 Å². The van der Waals surface area contributed by atoms with Gasteiger partial charge in [0.15, 0.2) is 5.78 Å². The summed E-state index contributed by atoms with van der Waals surface area (Å²) in [6.07, 6.45) is 1.53. The minimum atomic E-state index is -0.268. The van der Waals surface area contributed by atoms with Crippen LogP contribution in [0.5, 0.6) is 0 Å². The van der Waals surface area contributed by atoms with Crippen molar-refractivity contribution in [3.63, 3.8) is 0 Å². The van der Waals surface area contributed by atoms with Crippen LogP contribution in [0.25, 0.3) is 21.3 Å². The zero-order chi connectivity index (χ0) is 19.0. The standard InChI is InChI=1S/C21H16FN3OS/c1-12(26)14-5-9-17(10-6-14)25-20-19-18(15-3-7-16(22)8-4-15)13(2)27-21(19)24-11-23-20/h3-11H,1-2H3,(H,23,24,25). The van der Waals surface area contributed by atoms with E-state index in [2.05, 4.69) is 15.3 Å². The highest BCUT2D eigenvalue weighted by molar-refractivity contribution is 7.19. The highest BCUT2D eigenvalue weighted by Crippen LogP contribution is 2.40. The molecule has 2 aromatic carbocycles. The van der Waals surface area contributed by atoms with Crippen molar-refractivity contribution in [1.29, 1.82) is 0 Å². The van der Waals surface area contributed by atoms with Crippen molar-refractivity contribution in [2.24, 2.45) is 0 Å². The van der Waals surface area contributed by atoms with Crippen LogP contribution in [0.15, 0.2) is 54.9 Å². The number of nitrogens with zero attached hydrogens (tertiary/aromatic N) is 2. The maximum Gasteiger partial charge on any atom is 0.159 e. The molecule has 2 aromatic heterocycles. The fraction of sp³-hybridized carbons (Fsp3) is 0.0952. The summed E-state index contributed by atoms with van der Waals surface area (Å²) in [5, 5.41) is 4.22. The second kappa shape index (κ2) is 6.89. The number of fused-ring (bicyclic) bond motifs is 1. The first-order valence-electron chi connectivity index (χ1n) is 8.41. The Kier molecular flexibility index (Phi) is 4.41. The van der Waals surface area contributed by atoms with Gasteiger partial charge in [-0.3, -0.25) is 4.79 Å². The normalized spacial score (nSPS) is 10.9. The van der Waals surface area contributed by atoms with Crippen molar-refractivity contribution < 1.29 is 9.18 Å². The SMILES string of the molecule is CC(=O)c1ccc(Nc2ncnc3sc(C)c(-c4ccc(F)cc4)c23)cc1. The van der Waals surface area contributed by atoms with Gasteiger partial charge in [0.1, 0.15) is 22.8 Å². The van der Waals surface area contributed by atoms with E-state index in [1.54, 1.807) is 42.5 Å². The number of nitrogens with one attached hydrogen (secondary N) is 1. The molecule has 0 bridgehead atoms. The molecular formula is C21H16FN3OS. The van der Waals surface area contributed by atoms with E-state index in [1.165, 1.54) is 18.5 Å². The van der Waals surface area contributed by atoms with E-state index in [0.717, 1.165) is 31.9 Å². The number of aryl methyl sites for hydroxylation is 1. The molecule has 0 aliphatic rings. The van der Waals surface area contributed by atoms with E-state index >= 15 is 0 Å². The van der Waals surface area contributed by atoms with Gasteiger partial charge in [0.2, 0.25) is 0 Å². The van der Waals surface area contributed by atoms with Crippen LogP contribution >= 0.6 is 11.3 Å². The van der Waals surface area contributed by atoms with Gasteiger partial charge >= 0.3 is 0 Å². The summed E-state index contributed by atoms with van der Waals surface area (Å²) in [6, 6.07) is 13.7. The molecule has 2 heterocycles. The van der Waals surface area contributed by atoms with Crippen LogP contribution in [0, 0.1) is 12.7 Å². The van der Waals surface area contributed by atoms with E-state index in [4.69, 9.17) is 0 Å². The Labute approximate surface area is 159 Å². The maximum atomic E-state index is 13.3. The zero-order valence-corrected chi connectivity index (χ0v) is 15.6. The third-order valence-electron chi connectivity index (χ3n) is 4.35. The lowest BCUT2D eigenvalue weighted by atomic mass is 10.0. The highest BCUT2D eigenvalue weighted by atomic mass is 32.1. The van der Waals surface area contributed by atoms with Gasteiger partial charge in [-0.05, 0) is 55.8 Å². The summed E-state index contributed by atoms with van der Waals surface area (Å²) < 4.78 is 13.3. The minimum Gasteiger partial charge on any atom is -0.340 e. The predicted octanol–water partition coefficient (Wildman–Crippen LogP) is 5.75. The van der Waals surface area contributed by atoms with E-state index in [1.807, 2.05) is 19.1 Å². The van der Waals surface area contributed by atoms with Crippen molar-refractivity contribution in [3.8, 4) is 11.1 Å². The number of ketones is 1. The van der Waals surface area contributed by atoms with Crippen molar-refractivity contribution in [2.75, 3.05) is 5.32 Å². The van der Waals surface area contributed by atoms with Crippen molar-refractivity contribution in [1.82, 2.24) is 9.97 Å². The van der Waals surface area contributed by atoms with Gasteiger partial charge in [-0.2, -0.15) is 0 Å². The molecule has 4 rings (SSSR count). The Balaban J connectivity index is 1.81. The molecule has 0 saturated carbocycles. The van der Waals surface area contributed by atoms with Gasteiger partial charge in [-0.1, -0.05) is 12.1 Å². The third kappa shape index (κ3) is 3.31. The van der Waals surface area contributed by atoms with Gasteiger partial charge in [-0.25, -0.2) is 14.4 Å². The molecule has 0 spiro atoms. The Hall–Kier alpha value is -3.12. The van der Waals surface area contributed by atoms with E-state index < -0.39 is 0 Å². The zero-order valence-electron chi connectivity index (χ0n) is 14.8. The molecule has 0 amide bonds. The van der Waals surface area contributed by atoms with Crippen LogP contribution in [0.1, 0.15) is 22.2 Å². The number of carbonyl (C=O) groups is 1. The molecule has 0 atom stereocenters. The molecule has 4 nitrogen and oxygen atoms in total. The van der Waals surface area contributed by atoms with Crippen LogP contribution in [0.2, 0.25) is 0 Å².